The molecule has 0 fully saturated rings. The molecule has 0 radical (unpaired) electrons. The molecule has 144 valence electrons. The second-order valence-electron chi connectivity index (χ2n) is 6.39. The van der Waals surface area contributed by atoms with Crippen LogP contribution in [0, 0.1) is 12.7 Å². The van der Waals surface area contributed by atoms with E-state index in [9.17, 15) is 14.0 Å². The van der Waals surface area contributed by atoms with Gasteiger partial charge in [-0.1, -0.05) is 36.7 Å². The Morgan fingerprint density at radius 3 is 2.68 bits per heavy atom. The third kappa shape index (κ3) is 4.46. The SMILES string of the molecule is CCc1cc(=O)n(CC(=O)Nc2ccc(C)cc2Cl)c(-c2cccc(F)c2)n1. The quantitative estimate of drug-likeness (QED) is 0.698. The van der Waals surface area contributed by atoms with Crippen molar-refractivity contribution in [3.63, 3.8) is 0 Å². The Labute approximate surface area is 166 Å². The molecule has 1 heterocycles. The van der Waals surface area contributed by atoms with Crippen molar-refractivity contribution < 1.29 is 9.18 Å². The van der Waals surface area contributed by atoms with E-state index >= 15 is 0 Å². The van der Waals surface area contributed by atoms with Crippen molar-refractivity contribution in [3.8, 4) is 11.4 Å². The highest BCUT2D eigenvalue weighted by molar-refractivity contribution is 6.33. The van der Waals surface area contributed by atoms with Crippen molar-refractivity contribution in [2.24, 2.45) is 0 Å². The number of amides is 1. The number of benzene rings is 2. The van der Waals surface area contributed by atoms with Crippen LogP contribution in [0.4, 0.5) is 10.1 Å². The van der Waals surface area contributed by atoms with Crippen LogP contribution in [0.2, 0.25) is 5.02 Å². The first-order valence-corrected chi connectivity index (χ1v) is 9.18. The molecule has 0 bridgehead atoms. The minimum atomic E-state index is -0.448. The van der Waals surface area contributed by atoms with Gasteiger partial charge >= 0.3 is 0 Å². The molecule has 1 aromatic heterocycles. The Kier molecular flexibility index (Phi) is 5.90. The van der Waals surface area contributed by atoms with Gasteiger partial charge in [0.2, 0.25) is 5.91 Å². The molecular weight excluding hydrogens is 381 g/mol. The van der Waals surface area contributed by atoms with Crippen molar-refractivity contribution in [2.45, 2.75) is 26.8 Å². The van der Waals surface area contributed by atoms with E-state index in [2.05, 4.69) is 10.3 Å². The number of halogens is 2. The van der Waals surface area contributed by atoms with E-state index in [1.807, 2.05) is 19.9 Å². The molecule has 0 saturated carbocycles. The highest BCUT2D eigenvalue weighted by atomic mass is 35.5. The largest absolute Gasteiger partial charge is 0.323 e. The number of carbonyl (C=O) groups excluding carboxylic acids is 1. The molecule has 0 spiro atoms. The minimum Gasteiger partial charge on any atom is -0.323 e. The summed E-state index contributed by atoms with van der Waals surface area (Å²) in [5, 5.41) is 3.11. The number of aromatic nitrogens is 2. The lowest BCUT2D eigenvalue weighted by molar-refractivity contribution is -0.116. The van der Waals surface area contributed by atoms with Crippen LogP contribution in [0.5, 0.6) is 0 Å². The molecule has 5 nitrogen and oxygen atoms in total. The third-order valence-corrected chi connectivity index (χ3v) is 4.52. The zero-order valence-corrected chi connectivity index (χ0v) is 16.3. The van der Waals surface area contributed by atoms with E-state index in [0.717, 1.165) is 5.56 Å². The molecule has 1 N–H and O–H groups in total. The van der Waals surface area contributed by atoms with Gasteiger partial charge in [0.1, 0.15) is 18.2 Å². The maximum absolute atomic E-state index is 13.7. The van der Waals surface area contributed by atoms with Crippen molar-refractivity contribution in [3.05, 3.63) is 81.0 Å². The van der Waals surface area contributed by atoms with Gasteiger partial charge in [-0.05, 0) is 43.2 Å². The van der Waals surface area contributed by atoms with Gasteiger partial charge < -0.3 is 5.32 Å². The number of aryl methyl sites for hydroxylation is 2. The van der Waals surface area contributed by atoms with Gasteiger partial charge in [0.05, 0.1) is 10.7 Å². The predicted molar refractivity (Wildman–Crippen MR) is 108 cm³/mol. The van der Waals surface area contributed by atoms with E-state index in [-0.39, 0.29) is 17.9 Å². The Hall–Kier alpha value is -2.99. The normalized spacial score (nSPS) is 10.7. The molecule has 0 atom stereocenters. The summed E-state index contributed by atoms with van der Waals surface area (Å²) in [5.41, 5.74) is 2.04. The number of hydrogen-bond donors (Lipinski definition) is 1. The standard InChI is InChI=1S/C21H19ClFN3O2/c1-3-16-11-20(28)26(21(24-16)14-5-4-6-15(23)10-14)12-19(27)25-18-8-7-13(2)9-17(18)22/h4-11H,3,12H2,1-2H3,(H,25,27). The highest BCUT2D eigenvalue weighted by Gasteiger charge is 2.15. The van der Waals surface area contributed by atoms with Crippen LogP contribution in [0.3, 0.4) is 0 Å². The van der Waals surface area contributed by atoms with Gasteiger partial charge in [-0.15, -0.1) is 0 Å². The van der Waals surface area contributed by atoms with E-state index < -0.39 is 11.7 Å². The molecule has 0 aliphatic carbocycles. The lowest BCUT2D eigenvalue weighted by Gasteiger charge is -2.14. The van der Waals surface area contributed by atoms with Gasteiger partial charge in [0.15, 0.2) is 0 Å². The van der Waals surface area contributed by atoms with Crippen LogP contribution in [0.1, 0.15) is 18.2 Å². The molecule has 3 aromatic rings. The lowest BCUT2D eigenvalue weighted by atomic mass is 10.2. The molecule has 0 saturated heterocycles. The van der Waals surface area contributed by atoms with Crippen molar-refractivity contribution in [1.29, 1.82) is 0 Å². The maximum atomic E-state index is 13.7. The summed E-state index contributed by atoms with van der Waals surface area (Å²) >= 11 is 6.15. The van der Waals surface area contributed by atoms with E-state index in [4.69, 9.17) is 11.6 Å². The van der Waals surface area contributed by atoms with Crippen LogP contribution in [0.15, 0.2) is 53.3 Å². The van der Waals surface area contributed by atoms with Crippen LogP contribution < -0.4 is 10.9 Å². The second kappa shape index (κ2) is 8.35. The van der Waals surface area contributed by atoms with Gasteiger partial charge in [0.25, 0.3) is 5.56 Å². The predicted octanol–water partition coefficient (Wildman–Crippen LogP) is 4.21. The topological polar surface area (TPSA) is 64.0 Å². The van der Waals surface area contributed by atoms with E-state index in [0.29, 0.717) is 28.4 Å². The summed E-state index contributed by atoms with van der Waals surface area (Å²) < 4.78 is 14.9. The van der Waals surface area contributed by atoms with Crippen LogP contribution in [0.25, 0.3) is 11.4 Å². The first-order valence-electron chi connectivity index (χ1n) is 8.80. The molecule has 1 amide bonds. The van der Waals surface area contributed by atoms with Gasteiger partial charge in [-0.3, -0.25) is 14.2 Å². The molecule has 28 heavy (non-hydrogen) atoms. The number of anilines is 1. The molecule has 0 aliphatic rings. The zero-order valence-electron chi connectivity index (χ0n) is 15.5. The van der Waals surface area contributed by atoms with E-state index in [1.165, 1.54) is 28.8 Å². The lowest BCUT2D eigenvalue weighted by Crippen LogP contribution is -2.30. The molecule has 0 unspecified atom stereocenters. The van der Waals surface area contributed by atoms with Crippen LogP contribution in [-0.4, -0.2) is 15.5 Å². The summed E-state index contributed by atoms with van der Waals surface area (Å²) in [6.45, 7) is 3.49. The smallest absolute Gasteiger partial charge is 0.254 e. The van der Waals surface area contributed by atoms with Crippen molar-refractivity contribution in [2.75, 3.05) is 5.32 Å². The Bertz CT molecular complexity index is 1100. The van der Waals surface area contributed by atoms with Crippen molar-refractivity contribution >= 4 is 23.2 Å². The summed E-state index contributed by atoms with van der Waals surface area (Å²) in [5.74, 6) is -0.637. The fraction of sp³-hybridized carbons (Fsp3) is 0.190. The molecule has 7 heteroatoms. The summed E-state index contributed by atoms with van der Waals surface area (Å²) in [6, 6.07) is 12.4. The van der Waals surface area contributed by atoms with Gasteiger partial charge in [-0.2, -0.15) is 0 Å². The first-order chi connectivity index (χ1) is 13.4. The van der Waals surface area contributed by atoms with Gasteiger partial charge in [-0.25, -0.2) is 9.37 Å². The Balaban J connectivity index is 1.96. The third-order valence-electron chi connectivity index (χ3n) is 4.21. The van der Waals surface area contributed by atoms with Crippen LogP contribution in [-0.2, 0) is 17.8 Å². The Morgan fingerprint density at radius 2 is 2.00 bits per heavy atom. The number of nitrogens with zero attached hydrogens (tertiary/aromatic N) is 2. The fourth-order valence-corrected chi connectivity index (χ4v) is 3.07. The first kappa shape index (κ1) is 19.8. The van der Waals surface area contributed by atoms with Gasteiger partial charge in [0, 0.05) is 17.3 Å². The Morgan fingerprint density at radius 1 is 1.21 bits per heavy atom. The molecular formula is C21H19ClFN3O2. The van der Waals surface area contributed by atoms with Crippen molar-refractivity contribution in [1.82, 2.24) is 9.55 Å². The number of carbonyl (C=O) groups is 1. The molecule has 2 aromatic carbocycles. The van der Waals surface area contributed by atoms with E-state index in [1.54, 1.807) is 18.2 Å². The zero-order chi connectivity index (χ0) is 20.3. The average Bonchev–Trinajstić information content (AvgIpc) is 2.65. The number of hydrogen-bond acceptors (Lipinski definition) is 3. The summed E-state index contributed by atoms with van der Waals surface area (Å²) in [7, 11) is 0. The summed E-state index contributed by atoms with van der Waals surface area (Å²) in [6.07, 6.45) is 0.545. The number of nitrogens with one attached hydrogen (secondary N) is 1. The minimum absolute atomic E-state index is 0.244. The monoisotopic (exact) mass is 399 g/mol. The fourth-order valence-electron chi connectivity index (χ4n) is 2.79. The molecule has 0 aliphatic heterocycles. The molecule has 3 rings (SSSR count). The number of rotatable bonds is 5. The average molecular weight is 400 g/mol. The van der Waals surface area contributed by atoms with Crippen LogP contribution >= 0.6 is 11.6 Å². The maximum Gasteiger partial charge on any atom is 0.254 e. The summed E-state index contributed by atoms with van der Waals surface area (Å²) in [4.78, 5) is 29.6. The second-order valence-corrected chi connectivity index (χ2v) is 6.80. The highest BCUT2D eigenvalue weighted by Crippen LogP contribution is 2.23.